The Morgan fingerprint density at radius 3 is 2.92 bits per heavy atom. The molecule has 25 heavy (non-hydrogen) atoms. The molecule has 1 aromatic heterocycles. The van der Waals surface area contributed by atoms with E-state index < -0.39 is 0 Å². The maximum absolute atomic E-state index is 12.4. The highest BCUT2D eigenvalue weighted by Crippen LogP contribution is 2.23. The van der Waals surface area contributed by atoms with Gasteiger partial charge in [0, 0.05) is 36.6 Å². The maximum Gasteiger partial charge on any atom is 0.319 e. The topological polar surface area (TPSA) is 79.2 Å². The Morgan fingerprint density at radius 1 is 1.24 bits per heavy atom. The summed E-state index contributed by atoms with van der Waals surface area (Å²) in [5, 5.41) is 19.7. The zero-order chi connectivity index (χ0) is 17.5. The molecule has 3 rings (SSSR count). The smallest absolute Gasteiger partial charge is 0.319 e. The number of aliphatic hydroxyl groups excluding tert-OH is 1. The lowest BCUT2D eigenvalue weighted by atomic mass is 9.96. The van der Waals surface area contributed by atoms with Crippen molar-refractivity contribution in [3.05, 3.63) is 48.3 Å². The summed E-state index contributed by atoms with van der Waals surface area (Å²) in [5.74, 6) is 0.152. The van der Waals surface area contributed by atoms with Crippen molar-refractivity contribution in [1.82, 2.24) is 15.1 Å². The summed E-state index contributed by atoms with van der Waals surface area (Å²) >= 11 is 0. The third-order valence-electron chi connectivity index (χ3n) is 4.80. The molecule has 1 saturated carbocycles. The summed E-state index contributed by atoms with van der Waals surface area (Å²) in [4.78, 5) is 12.4. The van der Waals surface area contributed by atoms with Crippen LogP contribution in [-0.4, -0.2) is 33.6 Å². The van der Waals surface area contributed by atoms with Gasteiger partial charge >= 0.3 is 6.03 Å². The van der Waals surface area contributed by atoms with E-state index in [-0.39, 0.29) is 24.6 Å². The summed E-state index contributed by atoms with van der Waals surface area (Å²) in [7, 11) is 0. The number of hydrogen-bond acceptors (Lipinski definition) is 3. The molecule has 1 heterocycles. The average molecular weight is 342 g/mol. The van der Waals surface area contributed by atoms with Crippen LogP contribution in [0.4, 0.5) is 10.5 Å². The standard InChI is InChI=1S/C19H26N4O2/c24-14-16-7-2-1-3-9-18(16)22-19(25)21-17-8-4-6-15(12-17)13-23-11-5-10-20-23/h4-6,8,10-12,16,18,24H,1-3,7,9,13-14H2,(H2,21,22,25). The van der Waals surface area contributed by atoms with Crippen LogP contribution in [0.15, 0.2) is 42.7 Å². The van der Waals surface area contributed by atoms with Crippen LogP contribution < -0.4 is 10.6 Å². The number of aromatic nitrogens is 2. The fourth-order valence-electron chi connectivity index (χ4n) is 3.46. The summed E-state index contributed by atoms with van der Waals surface area (Å²) in [5.41, 5.74) is 1.83. The molecule has 6 heteroatoms. The number of amides is 2. The number of aliphatic hydroxyl groups is 1. The van der Waals surface area contributed by atoms with Crippen LogP contribution in [0.5, 0.6) is 0 Å². The highest BCUT2D eigenvalue weighted by Gasteiger charge is 2.24. The number of anilines is 1. The van der Waals surface area contributed by atoms with Crippen LogP contribution >= 0.6 is 0 Å². The molecular weight excluding hydrogens is 316 g/mol. The van der Waals surface area contributed by atoms with E-state index in [4.69, 9.17) is 0 Å². The predicted octanol–water partition coefficient (Wildman–Crippen LogP) is 2.99. The Balaban J connectivity index is 1.58. The largest absolute Gasteiger partial charge is 0.396 e. The Bertz CT molecular complexity index is 672. The summed E-state index contributed by atoms with van der Waals surface area (Å²) in [6, 6.07) is 9.50. The first-order chi connectivity index (χ1) is 12.2. The zero-order valence-corrected chi connectivity index (χ0v) is 14.4. The van der Waals surface area contributed by atoms with Crippen molar-refractivity contribution in [3.63, 3.8) is 0 Å². The van der Waals surface area contributed by atoms with E-state index >= 15 is 0 Å². The van der Waals surface area contributed by atoms with Crippen LogP contribution in [0.3, 0.4) is 0 Å². The van der Waals surface area contributed by atoms with E-state index in [1.807, 2.05) is 41.2 Å². The first kappa shape index (κ1) is 17.5. The predicted molar refractivity (Wildman–Crippen MR) is 97.4 cm³/mol. The van der Waals surface area contributed by atoms with Crippen molar-refractivity contribution in [2.75, 3.05) is 11.9 Å². The number of nitrogens with one attached hydrogen (secondary N) is 2. The molecule has 134 valence electrons. The Kier molecular flexibility index (Phi) is 6.06. The number of benzene rings is 1. The SMILES string of the molecule is O=C(Nc1cccc(Cn2cccn2)c1)NC1CCCCCC1CO. The summed E-state index contributed by atoms with van der Waals surface area (Å²) in [6.07, 6.45) is 8.96. The van der Waals surface area contributed by atoms with Crippen molar-refractivity contribution < 1.29 is 9.90 Å². The van der Waals surface area contributed by atoms with Crippen LogP contribution in [0.25, 0.3) is 0 Å². The fraction of sp³-hybridized carbons (Fsp3) is 0.474. The lowest BCUT2D eigenvalue weighted by Gasteiger charge is -2.24. The van der Waals surface area contributed by atoms with Gasteiger partial charge in [0.05, 0.1) is 6.54 Å². The Morgan fingerprint density at radius 2 is 2.12 bits per heavy atom. The fourth-order valence-corrected chi connectivity index (χ4v) is 3.46. The molecule has 1 aromatic carbocycles. The van der Waals surface area contributed by atoms with Crippen molar-refractivity contribution >= 4 is 11.7 Å². The van der Waals surface area contributed by atoms with E-state index in [2.05, 4.69) is 15.7 Å². The number of hydrogen-bond donors (Lipinski definition) is 3. The Hall–Kier alpha value is -2.34. The number of rotatable bonds is 5. The second-order valence-electron chi connectivity index (χ2n) is 6.69. The maximum atomic E-state index is 12.4. The molecule has 6 nitrogen and oxygen atoms in total. The second kappa shape index (κ2) is 8.67. The van der Waals surface area contributed by atoms with Crippen LogP contribution in [-0.2, 0) is 6.54 Å². The van der Waals surface area contributed by atoms with Crippen molar-refractivity contribution in [2.45, 2.75) is 44.7 Å². The molecule has 0 radical (unpaired) electrons. The minimum atomic E-state index is -0.207. The van der Waals surface area contributed by atoms with Crippen molar-refractivity contribution in [1.29, 1.82) is 0 Å². The normalized spacial score (nSPS) is 20.7. The molecule has 3 N–H and O–H groups in total. The number of nitrogens with zero attached hydrogens (tertiary/aromatic N) is 2. The molecule has 2 amide bonds. The van der Waals surface area contributed by atoms with Gasteiger partial charge in [0.15, 0.2) is 0 Å². The minimum Gasteiger partial charge on any atom is -0.396 e. The van der Waals surface area contributed by atoms with Gasteiger partial charge in [-0.1, -0.05) is 31.4 Å². The minimum absolute atomic E-state index is 0.0414. The van der Waals surface area contributed by atoms with E-state index in [0.29, 0.717) is 6.54 Å². The van der Waals surface area contributed by atoms with E-state index in [1.54, 1.807) is 6.20 Å². The molecule has 1 fully saturated rings. The number of carbonyl (C=O) groups excluding carboxylic acids is 1. The molecule has 2 atom stereocenters. The number of urea groups is 1. The first-order valence-electron chi connectivity index (χ1n) is 8.99. The van der Waals surface area contributed by atoms with Gasteiger partial charge < -0.3 is 15.7 Å². The van der Waals surface area contributed by atoms with Crippen molar-refractivity contribution in [3.8, 4) is 0 Å². The van der Waals surface area contributed by atoms with Gasteiger partial charge in [0.1, 0.15) is 0 Å². The van der Waals surface area contributed by atoms with Crippen LogP contribution in [0.2, 0.25) is 0 Å². The molecule has 0 spiro atoms. The molecule has 0 saturated heterocycles. The first-order valence-corrected chi connectivity index (χ1v) is 8.99. The van der Waals surface area contributed by atoms with Gasteiger partial charge in [0.25, 0.3) is 0 Å². The van der Waals surface area contributed by atoms with Gasteiger partial charge in [0.2, 0.25) is 0 Å². The van der Waals surface area contributed by atoms with Gasteiger partial charge in [-0.25, -0.2) is 4.79 Å². The molecule has 2 unspecified atom stereocenters. The average Bonchev–Trinajstić information content (AvgIpc) is 3.00. The van der Waals surface area contributed by atoms with Gasteiger partial charge in [-0.3, -0.25) is 4.68 Å². The second-order valence-corrected chi connectivity index (χ2v) is 6.69. The quantitative estimate of drug-likeness (QED) is 0.731. The third kappa shape index (κ3) is 5.06. The summed E-state index contributed by atoms with van der Waals surface area (Å²) in [6.45, 7) is 0.795. The highest BCUT2D eigenvalue weighted by molar-refractivity contribution is 5.89. The molecular formula is C19H26N4O2. The summed E-state index contributed by atoms with van der Waals surface area (Å²) < 4.78 is 1.84. The molecule has 0 bridgehead atoms. The third-order valence-corrected chi connectivity index (χ3v) is 4.80. The monoisotopic (exact) mass is 342 g/mol. The van der Waals surface area contributed by atoms with Gasteiger partial charge in [-0.2, -0.15) is 5.10 Å². The van der Waals surface area contributed by atoms with Gasteiger partial charge in [-0.15, -0.1) is 0 Å². The lowest BCUT2D eigenvalue weighted by Crippen LogP contribution is -2.43. The lowest BCUT2D eigenvalue weighted by molar-refractivity contribution is 0.182. The van der Waals surface area contributed by atoms with Crippen LogP contribution in [0, 0.1) is 5.92 Å². The molecule has 0 aliphatic heterocycles. The van der Waals surface area contributed by atoms with E-state index in [1.165, 1.54) is 6.42 Å². The van der Waals surface area contributed by atoms with E-state index in [9.17, 15) is 9.90 Å². The van der Waals surface area contributed by atoms with Crippen LogP contribution in [0.1, 0.15) is 37.7 Å². The van der Waals surface area contributed by atoms with Crippen molar-refractivity contribution in [2.24, 2.45) is 5.92 Å². The zero-order valence-electron chi connectivity index (χ0n) is 14.4. The molecule has 1 aliphatic carbocycles. The molecule has 2 aromatic rings. The van der Waals surface area contributed by atoms with E-state index in [0.717, 1.165) is 36.9 Å². The Labute approximate surface area is 148 Å². The molecule has 1 aliphatic rings. The number of carbonyl (C=O) groups is 1. The highest BCUT2D eigenvalue weighted by atomic mass is 16.3. The van der Waals surface area contributed by atoms with Gasteiger partial charge in [-0.05, 0) is 36.6 Å².